The van der Waals surface area contributed by atoms with Gasteiger partial charge in [-0.3, -0.25) is 4.99 Å². The molecule has 3 rings (SSSR count). The lowest BCUT2D eigenvalue weighted by molar-refractivity contribution is 0.0535. The van der Waals surface area contributed by atoms with Crippen molar-refractivity contribution in [2.24, 2.45) is 4.99 Å². The molecule has 0 saturated heterocycles. The number of rotatable bonds is 2. The van der Waals surface area contributed by atoms with E-state index in [-0.39, 0.29) is 18.0 Å². The van der Waals surface area contributed by atoms with E-state index in [1.165, 1.54) is 24.4 Å². The minimum atomic E-state index is -0.547. The quantitative estimate of drug-likeness (QED) is 0.621. The fourth-order valence-corrected chi connectivity index (χ4v) is 1.98. The van der Waals surface area contributed by atoms with E-state index in [0.29, 0.717) is 16.8 Å². The molecular weight excluding hydrogens is 264 g/mol. The Morgan fingerprint density at radius 2 is 1.85 bits per heavy atom. The van der Waals surface area contributed by atoms with Gasteiger partial charge in [0.1, 0.15) is 18.2 Å². The Labute approximate surface area is 113 Å². The highest BCUT2D eigenvalue weighted by molar-refractivity contribution is 5.95. The van der Waals surface area contributed by atoms with E-state index >= 15 is 0 Å². The summed E-state index contributed by atoms with van der Waals surface area (Å²) in [5.41, 5.74) is 1.79. The van der Waals surface area contributed by atoms with Crippen LogP contribution in [-0.4, -0.2) is 12.2 Å². The van der Waals surface area contributed by atoms with Crippen molar-refractivity contribution in [3.63, 3.8) is 0 Å². The summed E-state index contributed by atoms with van der Waals surface area (Å²) in [6.07, 6.45) is 1.48. The maximum Gasteiger partial charge on any atom is 0.339 e. The summed E-state index contributed by atoms with van der Waals surface area (Å²) in [4.78, 5) is 15.6. The van der Waals surface area contributed by atoms with Crippen molar-refractivity contribution in [2.75, 3.05) is 0 Å². The Hall–Kier alpha value is -2.56. The first-order valence-electron chi connectivity index (χ1n) is 5.92. The number of ether oxygens (including phenoxy) is 1. The number of aliphatic imine (C=N–C) groups is 1. The molecule has 0 unspecified atom stereocenters. The van der Waals surface area contributed by atoms with Gasteiger partial charge in [0.25, 0.3) is 0 Å². The molecule has 3 nitrogen and oxygen atoms in total. The van der Waals surface area contributed by atoms with Crippen LogP contribution in [0, 0.1) is 11.6 Å². The number of carbonyl (C=O) groups is 1. The van der Waals surface area contributed by atoms with E-state index < -0.39 is 11.8 Å². The molecule has 1 aliphatic heterocycles. The molecule has 0 aromatic heterocycles. The fraction of sp³-hybridized carbons (Fsp3) is 0.0667. The Bertz CT molecular complexity index is 709. The molecule has 0 spiro atoms. The molecule has 0 aliphatic carbocycles. The van der Waals surface area contributed by atoms with Crippen LogP contribution in [-0.2, 0) is 11.3 Å². The molecule has 0 bridgehead atoms. The maximum atomic E-state index is 13.4. The standard InChI is InChI=1S/C15H9F2NO2/c16-10-3-1-9(2-4-10)7-18-14-6-11(17)5-12-13(14)8-20-15(12)19/h1-7H,8H2/b18-7+. The Morgan fingerprint density at radius 1 is 1.10 bits per heavy atom. The number of halogens is 2. The van der Waals surface area contributed by atoms with Gasteiger partial charge in [0, 0.05) is 11.8 Å². The maximum absolute atomic E-state index is 13.4. The summed E-state index contributed by atoms with van der Waals surface area (Å²) in [6, 6.07) is 8.11. The predicted octanol–water partition coefficient (Wildman–Crippen LogP) is 3.39. The third kappa shape index (κ3) is 2.30. The SMILES string of the molecule is O=C1OCc2c(/N=C/c3ccc(F)cc3)cc(F)cc21. The monoisotopic (exact) mass is 273 g/mol. The fourth-order valence-electron chi connectivity index (χ4n) is 1.98. The van der Waals surface area contributed by atoms with Crippen LogP contribution in [0.5, 0.6) is 0 Å². The number of cyclic esters (lactones) is 1. The average molecular weight is 273 g/mol. The van der Waals surface area contributed by atoms with E-state index in [0.717, 1.165) is 6.07 Å². The summed E-state index contributed by atoms with van der Waals surface area (Å²) in [7, 11) is 0. The van der Waals surface area contributed by atoms with E-state index in [1.54, 1.807) is 12.1 Å². The molecule has 0 atom stereocenters. The number of hydrogen-bond acceptors (Lipinski definition) is 3. The third-order valence-corrected chi connectivity index (χ3v) is 2.98. The van der Waals surface area contributed by atoms with E-state index in [2.05, 4.69) is 4.99 Å². The second-order valence-corrected chi connectivity index (χ2v) is 4.34. The normalized spacial score (nSPS) is 13.6. The molecule has 2 aromatic rings. The van der Waals surface area contributed by atoms with Gasteiger partial charge in [0.2, 0.25) is 0 Å². The molecular formula is C15H9F2NO2. The van der Waals surface area contributed by atoms with Crippen molar-refractivity contribution >= 4 is 17.9 Å². The highest BCUT2D eigenvalue weighted by Crippen LogP contribution is 2.30. The summed E-state index contributed by atoms with van der Waals surface area (Å²) in [6.45, 7) is 0.0878. The van der Waals surface area contributed by atoms with E-state index in [1.807, 2.05) is 0 Å². The van der Waals surface area contributed by atoms with Crippen LogP contribution in [0.25, 0.3) is 0 Å². The number of carbonyl (C=O) groups excluding carboxylic acids is 1. The molecule has 0 fully saturated rings. The lowest BCUT2D eigenvalue weighted by Gasteiger charge is -2.01. The first-order chi connectivity index (χ1) is 9.63. The first kappa shape index (κ1) is 12.5. The molecule has 0 saturated carbocycles. The Morgan fingerprint density at radius 3 is 2.60 bits per heavy atom. The summed E-state index contributed by atoms with van der Waals surface area (Å²) < 4.78 is 31.1. The van der Waals surface area contributed by atoms with Gasteiger partial charge in [-0.25, -0.2) is 13.6 Å². The number of hydrogen-bond donors (Lipinski definition) is 0. The topological polar surface area (TPSA) is 38.7 Å². The van der Waals surface area contributed by atoms with Crippen LogP contribution in [0.15, 0.2) is 41.4 Å². The zero-order valence-electron chi connectivity index (χ0n) is 10.3. The largest absolute Gasteiger partial charge is 0.457 e. The zero-order valence-corrected chi connectivity index (χ0v) is 10.3. The smallest absolute Gasteiger partial charge is 0.339 e. The lowest BCUT2D eigenvalue weighted by atomic mass is 10.1. The zero-order chi connectivity index (χ0) is 14.1. The van der Waals surface area contributed by atoms with Crippen molar-refractivity contribution in [1.29, 1.82) is 0 Å². The molecule has 0 amide bonds. The average Bonchev–Trinajstić information content (AvgIpc) is 2.80. The summed E-state index contributed by atoms with van der Waals surface area (Å²) >= 11 is 0. The van der Waals surface area contributed by atoms with Crippen molar-refractivity contribution < 1.29 is 18.3 Å². The number of esters is 1. The van der Waals surface area contributed by atoms with E-state index in [4.69, 9.17) is 4.74 Å². The van der Waals surface area contributed by atoms with Gasteiger partial charge < -0.3 is 4.74 Å². The number of benzene rings is 2. The van der Waals surface area contributed by atoms with Gasteiger partial charge in [0.05, 0.1) is 11.3 Å². The lowest BCUT2D eigenvalue weighted by Crippen LogP contribution is -1.94. The molecule has 0 N–H and O–H groups in total. The van der Waals surface area contributed by atoms with Gasteiger partial charge in [-0.1, -0.05) is 12.1 Å². The first-order valence-corrected chi connectivity index (χ1v) is 5.92. The third-order valence-electron chi connectivity index (χ3n) is 2.98. The molecule has 5 heteroatoms. The van der Waals surface area contributed by atoms with Crippen LogP contribution in [0.2, 0.25) is 0 Å². The van der Waals surface area contributed by atoms with Gasteiger partial charge >= 0.3 is 5.97 Å². The van der Waals surface area contributed by atoms with Crippen LogP contribution in [0.4, 0.5) is 14.5 Å². The number of fused-ring (bicyclic) bond motifs is 1. The van der Waals surface area contributed by atoms with Gasteiger partial charge in [-0.05, 0) is 29.8 Å². The predicted molar refractivity (Wildman–Crippen MR) is 69.2 cm³/mol. The highest BCUT2D eigenvalue weighted by atomic mass is 19.1. The van der Waals surface area contributed by atoms with Crippen molar-refractivity contribution in [3.8, 4) is 0 Å². The Kier molecular flexibility index (Phi) is 3.02. The van der Waals surface area contributed by atoms with Crippen LogP contribution in [0.3, 0.4) is 0 Å². The van der Waals surface area contributed by atoms with Crippen molar-refractivity contribution in [2.45, 2.75) is 6.61 Å². The summed E-state index contributed by atoms with van der Waals surface area (Å²) in [5, 5.41) is 0. The molecule has 100 valence electrons. The molecule has 20 heavy (non-hydrogen) atoms. The van der Waals surface area contributed by atoms with Gasteiger partial charge in [0.15, 0.2) is 0 Å². The minimum absolute atomic E-state index is 0.0878. The summed E-state index contributed by atoms with van der Waals surface area (Å²) in [5.74, 6) is -1.43. The molecule has 1 aliphatic rings. The Balaban J connectivity index is 1.97. The van der Waals surface area contributed by atoms with Crippen molar-refractivity contribution in [3.05, 3.63) is 64.7 Å². The second kappa shape index (κ2) is 4.85. The van der Waals surface area contributed by atoms with E-state index in [9.17, 15) is 13.6 Å². The number of nitrogens with zero attached hydrogens (tertiary/aromatic N) is 1. The van der Waals surface area contributed by atoms with Gasteiger partial charge in [-0.15, -0.1) is 0 Å². The van der Waals surface area contributed by atoms with Gasteiger partial charge in [-0.2, -0.15) is 0 Å². The molecule has 2 aromatic carbocycles. The van der Waals surface area contributed by atoms with Crippen molar-refractivity contribution in [1.82, 2.24) is 0 Å². The van der Waals surface area contributed by atoms with Crippen LogP contribution in [0.1, 0.15) is 21.5 Å². The highest BCUT2D eigenvalue weighted by Gasteiger charge is 2.24. The molecule has 0 radical (unpaired) electrons. The minimum Gasteiger partial charge on any atom is -0.457 e. The van der Waals surface area contributed by atoms with Crippen LogP contribution >= 0.6 is 0 Å². The van der Waals surface area contributed by atoms with Crippen LogP contribution < -0.4 is 0 Å². The molecule has 1 heterocycles. The second-order valence-electron chi connectivity index (χ2n) is 4.34.